The van der Waals surface area contributed by atoms with E-state index in [2.05, 4.69) is 6.92 Å². The Balaban J connectivity index is 2.28. The Hall–Kier alpha value is -0.370. The number of rotatable bonds is 5. The molecule has 1 rings (SSSR count). The molecule has 2 N–H and O–H groups in total. The molecule has 0 bridgehead atoms. The molecule has 0 aromatic carbocycles. The molecule has 0 aliphatic heterocycles. The lowest BCUT2D eigenvalue weighted by molar-refractivity contribution is -0.124. The highest BCUT2D eigenvalue weighted by Gasteiger charge is 2.26. The fourth-order valence-corrected chi connectivity index (χ4v) is 2.54. The lowest BCUT2D eigenvalue weighted by Crippen LogP contribution is -2.33. The third-order valence-corrected chi connectivity index (χ3v) is 3.90. The van der Waals surface area contributed by atoms with Gasteiger partial charge in [-0.25, -0.2) is 0 Å². The van der Waals surface area contributed by atoms with Crippen LogP contribution in [-0.4, -0.2) is 11.3 Å². The smallest absolute Gasteiger partial charge is 0.136 e. The van der Waals surface area contributed by atoms with Gasteiger partial charge in [0.15, 0.2) is 0 Å². The summed E-state index contributed by atoms with van der Waals surface area (Å²) in [4.78, 5) is 12.0. The first-order valence-corrected chi connectivity index (χ1v) is 6.74. The van der Waals surface area contributed by atoms with E-state index in [0.29, 0.717) is 18.1 Å². The van der Waals surface area contributed by atoms with Crippen LogP contribution in [-0.2, 0) is 4.79 Å². The average Bonchev–Trinajstić information content (AvgIpc) is 2.25. The first kappa shape index (κ1) is 13.7. The van der Waals surface area contributed by atoms with Crippen LogP contribution in [0.2, 0.25) is 0 Å². The van der Waals surface area contributed by atoms with Crippen LogP contribution in [0.4, 0.5) is 0 Å². The van der Waals surface area contributed by atoms with Crippen molar-refractivity contribution in [1.82, 2.24) is 0 Å². The lowest BCUT2D eigenvalue weighted by Gasteiger charge is -2.27. The molecule has 16 heavy (non-hydrogen) atoms. The van der Waals surface area contributed by atoms with Gasteiger partial charge in [0.1, 0.15) is 5.78 Å². The van der Waals surface area contributed by atoms with E-state index in [1.807, 2.05) is 13.8 Å². The van der Waals surface area contributed by atoms with Gasteiger partial charge in [0.05, 0.1) is 0 Å². The molecule has 1 aliphatic carbocycles. The Morgan fingerprint density at radius 1 is 1.25 bits per heavy atom. The summed E-state index contributed by atoms with van der Waals surface area (Å²) in [7, 11) is 0. The zero-order valence-corrected chi connectivity index (χ0v) is 11.1. The second-order valence-corrected chi connectivity index (χ2v) is 6.08. The SMILES string of the molecule is CCC1CCC(C(=O)CCC(C)(C)N)CC1. The predicted octanol–water partition coefficient (Wildman–Crippen LogP) is 3.29. The van der Waals surface area contributed by atoms with Crippen LogP contribution in [0.1, 0.15) is 65.7 Å². The maximum atomic E-state index is 12.0. The topological polar surface area (TPSA) is 43.1 Å². The van der Waals surface area contributed by atoms with Crippen molar-refractivity contribution in [2.45, 2.75) is 71.3 Å². The largest absolute Gasteiger partial charge is 0.326 e. The molecule has 0 radical (unpaired) electrons. The summed E-state index contributed by atoms with van der Waals surface area (Å²) in [6.45, 7) is 6.24. The van der Waals surface area contributed by atoms with Crippen molar-refractivity contribution in [3.05, 3.63) is 0 Å². The van der Waals surface area contributed by atoms with Gasteiger partial charge in [-0.1, -0.05) is 13.3 Å². The zero-order chi connectivity index (χ0) is 12.2. The van der Waals surface area contributed by atoms with Crippen LogP contribution < -0.4 is 5.73 Å². The minimum atomic E-state index is -0.198. The Labute approximate surface area is 100.0 Å². The van der Waals surface area contributed by atoms with E-state index in [-0.39, 0.29) is 5.54 Å². The van der Waals surface area contributed by atoms with Crippen LogP contribution in [0.15, 0.2) is 0 Å². The van der Waals surface area contributed by atoms with Crippen molar-refractivity contribution in [3.63, 3.8) is 0 Å². The number of carbonyl (C=O) groups excluding carboxylic acids is 1. The fraction of sp³-hybridized carbons (Fsp3) is 0.929. The first-order chi connectivity index (χ1) is 7.42. The van der Waals surface area contributed by atoms with Crippen molar-refractivity contribution in [2.75, 3.05) is 0 Å². The Morgan fingerprint density at radius 2 is 1.81 bits per heavy atom. The third-order valence-electron chi connectivity index (χ3n) is 3.90. The number of carbonyl (C=O) groups is 1. The minimum absolute atomic E-state index is 0.198. The monoisotopic (exact) mass is 225 g/mol. The zero-order valence-electron chi connectivity index (χ0n) is 11.1. The van der Waals surface area contributed by atoms with Gasteiger partial charge in [-0.3, -0.25) is 4.79 Å². The molecule has 0 heterocycles. The van der Waals surface area contributed by atoms with Gasteiger partial charge >= 0.3 is 0 Å². The summed E-state index contributed by atoms with van der Waals surface area (Å²) < 4.78 is 0. The van der Waals surface area contributed by atoms with E-state index >= 15 is 0 Å². The van der Waals surface area contributed by atoms with Crippen LogP contribution in [0.5, 0.6) is 0 Å². The number of Topliss-reactive ketones (excluding diaryl/α,β-unsaturated/α-hetero) is 1. The highest BCUT2D eigenvalue weighted by molar-refractivity contribution is 5.81. The number of ketones is 1. The van der Waals surface area contributed by atoms with E-state index in [1.54, 1.807) is 0 Å². The quantitative estimate of drug-likeness (QED) is 0.780. The van der Waals surface area contributed by atoms with E-state index in [9.17, 15) is 4.79 Å². The normalized spacial score (nSPS) is 26.8. The van der Waals surface area contributed by atoms with Gasteiger partial charge < -0.3 is 5.73 Å². The molecule has 2 heteroatoms. The molecular weight excluding hydrogens is 198 g/mol. The number of hydrogen-bond acceptors (Lipinski definition) is 2. The van der Waals surface area contributed by atoms with Crippen LogP contribution >= 0.6 is 0 Å². The fourth-order valence-electron chi connectivity index (χ4n) is 2.54. The van der Waals surface area contributed by atoms with Crippen molar-refractivity contribution >= 4 is 5.78 Å². The van der Waals surface area contributed by atoms with Crippen LogP contribution in [0.3, 0.4) is 0 Å². The molecule has 1 fully saturated rings. The molecule has 0 spiro atoms. The molecule has 1 saturated carbocycles. The highest BCUT2D eigenvalue weighted by atomic mass is 16.1. The van der Waals surface area contributed by atoms with Gasteiger partial charge in [-0.15, -0.1) is 0 Å². The molecule has 94 valence electrons. The lowest BCUT2D eigenvalue weighted by atomic mass is 9.78. The van der Waals surface area contributed by atoms with Crippen molar-refractivity contribution in [3.8, 4) is 0 Å². The van der Waals surface area contributed by atoms with Gasteiger partial charge in [0.2, 0.25) is 0 Å². The Kier molecular flexibility index (Phi) is 4.97. The standard InChI is InChI=1S/C14H27NO/c1-4-11-5-7-12(8-6-11)13(16)9-10-14(2,3)15/h11-12H,4-10,15H2,1-3H3. The van der Waals surface area contributed by atoms with Gasteiger partial charge in [-0.2, -0.15) is 0 Å². The van der Waals surface area contributed by atoms with Crippen molar-refractivity contribution < 1.29 is 4.79 Å². The van der Waals surface area contributed by atoms with E-state index in [1.165, 1.54) is 19.3 Å². The minimum Gasteiger partial charge on any atom is -0.326 e. The average molecular weight is 225 g/mol. The van der Waals surface area contributed by atoms with Crippen molar-refractivity contribution in [2.24, 2.45) is 17.6 Å². The highest BCUT2D eigenvalue weighted by Crippen LogP contribution is 2.32. The summed E-state index contributed by atoms with van der Waals surface area (Å²) in [5, 5.41) is 0. The van der Waals surface area contributed by atoms with Crippen LogP contribution in [0, 0.1) is 11.8 Å². The molecule has 0 unspecified atom stereocenters. The maximum absolute atomic E-state index is 12.0. The molecule has 0 atom stereocenters. The summed E-state index contributed by atoms with van der Waals surface area (Å²) in [5.41, 5.74) is 5.71. The number of nitrogens with two attached hydrogens (primary N) is 1. The second kappa shape index (κ2) is 5.81. The number of hydrogen-bond donors (Lipinski definition) is 1. The summed E-state index contributed by atoms with van der Waals surface area (Å²) in [5.74, 6) is 1.66. The van der Waals surface area contributed by atoms with Gasteiger partial charge in [0, 0.05) is 17.9 Å². The molecule has 1 aliphatic rings. The molecule has 2 nitrogen and oxygen atoms in total. The molecule has 0 amide bonds. The summed E-state index contributed by atoms with van der Waals surface area (Å²) >= 11 is 0. The maximum Gasteiger partial charge on any atom is 0.136 e. The molecule has 0 aromatic rings. The van der Waals surface area contributed by atoms with Crippen molar-refractivity contribution in [1.29, 1.82) is 0 Å². The first-order valence-electron chi connectivity index (χ1n) is 6.74. The van der Waals surface area contributed by atoms with E-state index < -0.39 is 0 Å². The summed E-state index contributed by atoms with van der Waals surface area (Å²) in [6.07, 6.45) is 7.49. The summed E-state index contributed by atoms with van der Waals surface area (Å²) in [6, 6.07) is 0. The third kappa shape index (κ3) is 4.65. The molecule has 0 aromatic heterocycles. The molecular formula is C14H27NO. The van der Waals surface area contributed by atoms with E-state index in [0.717, 1.165) is 25.2 Å². The van der Waals surface area contributed by atoms with Gasteiger partial charge in [0.25, 0.3) is 0 Å². The van der Waals surface area contributed by atoms with E-state index in [4.69, 9.17) is 5.73 Å². The van der Waals surface area contributed by atoms with Crippen LogP contribution in [0.25, 0.3) is 0 Å². The van der Waals surface area contributed by atoms with Gasteiger partial charge in [-0.05, 0) is 51.9 Å². The second-order valence-electron chi connectivity index (χ2n) is 6.08. The Morgan fingerprint density at radius 3 is 2.25 bits per heavy atom. The molecule has 0 saturated heterocycles. The predicted molar refractivity (Wildman–Crippen MR) is 68.2 cm³/mol. The Bertz CT molecular complexity index is 221.